The van der Waals surface area contributed by atoms with Crippen molar-refractivity contribution >= 4 is 28.1 Å². The largest absolute Gasteiger partial charge is 0.503 e. The lowest BCUT2D eigenvalue weighted by atomic mass is 10.1. The van der Waals surface area contributed by atoms with Crippen LogP contribution in [0, 0.1) is 0 Å². The number of hydrazone groups is 1. The van der Waals surface area contributed by atoms with Gasteiger partial charge in [-0.15, -0.1) is 0 Å². The van der Waals surface area contributed by atoms with E-state index in [9.17, 15) is 9.90 Å². The Bertz CT molecular complexity index is 594. The molecule has 0 bridgehead atoms. The van der Waals surface area contributed by atoms with Crippen LogP contribution in [0.4, 0.5) is 0 Å². The predicted molar refractivity (Wildman–Crippen MR) is 91.5 cm³/mol. The van der Waals surface area contributed by atoms with Gasteiger partial charge in [0.1, 0.15) is 0 Å². The predicted octanol–water partition coefficient (Wildman–Crippen LogP) is 1.65. The third kappa shape index (κ3) is 4.84. The van der Waals surface area contributed by atoms with Gasteiger partial charge >= 0.3 is 0 Å². The number of hydrogen-bond donors (Lipinski definition) is 4. The van der Waals surface area contributed by atoms with Gasteiger partial charge in [0.2, 0.25) is 5.91 Å². The van der Waals surface area contributed by atoms with Gasteiger partial charge in [0.15, 0.2) is 17.8 Å². The first-order chi connectivity index (χ1) is 11.0. The SMILES string of the molecule is CCCC1CC(=O)NC(N/N=C/c2cc(Br)c(O)c(OC)c2)N1. The first kappa shape index (κ1) is 17.6. The minimum absolute atomic E-state index is 0.00365. The summed E-state index contributed by atoms with van der Waals surface area (Å²) in [5.74, 6) is 0.401. The van der Waals surface area contributed by atoms with Gasteiger partial charge in [-0.2, -0.15) is 5.10 Å². The zero-order valence-electron chi connectivity index (χ0n) is 13.1. The van der Waals surface area contributed by atoms with E-state index in [1.165, 1.54) is 7.11 Å². The first-order valence-corrected chi connectivity index (χ1v) is 8.23. The maximum Gasteiger partial charge on any atom is 0.224 e. The number of halogens is 1. The van der Waals surface area contributed by atoms with Gasteiger partial charge in [0.05, 0.1) is 17.8 Å². The van der Waals surface area contributed by atoms with Gasteiger partial charge in [0.25, 0.3) is 0 Å². The average Bonchev–Trinajstić information content (AvgIpc) is 2.50. The summed E-state index contributed by atoms with van der Waals surface area (Å²) in [4.78, 5) is 11.7. The van der Waals surface area contributed by atoms with Crippen molar-refractivity contribution in [2.24, 2.45) is 5.10 Å². The number of phenolic OH excluding ortho intramolecular Hbond substituents is 1. The van der Waals surface area contributed by atoms with E-state index in [2.05, 4.69) is 44.0 Å². The summed E-state index contributed by atoms with van der Waals surface area (Å²) >= 11 is 3.26. The molecule has 0 spiro atoms. The zero-order chi connectivity index (χ0) is 16.8. The number of benzene rings is 1. The Morgan fingerprint density at radius 3 is 3.04 bits per heavy atom. The van der Waals surface area contributed by atoms with Crippen molar-refractivity contribution in [3.8, 4) is 11.5 Å². The summed E-state index contributed by atoms with van der Waals surface area (Å²) in [7, 11) is 1.48. The van der Waals surface area contributed by atoms with E-state index in [-0.39, 0.29) is 17.7 Å². The van der Waals surface area contributed by atoms with Gasteiger partial charge in [-0.25, -0.2) is 0 Å². The lowest BCUT2D eigenvalue weighted by Gasteiger charge is -2.30. The van der Waals surface area contributed by atoms with Crippen molar-refractivity contribution in [1.29, 1.82) is 0 Å². The molecule has 1 aromatic rings. The number of methoxy groups -OCH3 is 1. The Hall–Kier alpha value is -1.80. The van der Waals surface area contributed by atoms with Crippen LogP contribution in [0.5, 0.6) is 11.5 Å². The van der Waals surface area contributed by atoms with Crippen LogP contribution < -0.4 is 20.8 Å². The van der Waals surface area contributed by atoms with Crippen molar-refractivity contribution in [2.75, 3.05) is 7.11 Å². The molecule has 1 saturated heterocycles. The summed E-state index contributed by atoms with van der Waals surface area (Å²) in [6.45, 7) is 2.09. The van der Waals surface area contributed by atoms with Crippen molar-refractivity contribution in [1.82, 2.24) is 16.1 Å². The first-order valence-electron chi connectivity index (χ1n) is 7.44. The topological polar surface area (TPSA) is 95.0 Å². The lowest BCUT2D eigenvalue weighted by molar-refractivity contribution is -0.124. The molecule has 1 heterocycles. The van der Waals surface area contributed by atoms with Crippen molar-refractivity contribution in [3.63, 3.8) is 0 Å². The van der Waals surface area contributed by atoms with Gasteiger partial charge in [0, 0.05) is 12.5 Å². The highest BCUT2D eigenvalue weighted by Crippen LogP contribution is 2.34. The van der Waals surface area contributed by atoms with Crippen molar-refractivity contribution in [2.45, 2.75) is 38.5 Å². The molecular formula is C15H21BrN4O3. The highest BCUT2D eigenvalue weighted by atomic mass is 79.9. The molecule has 0 saturated carbocycles. The molecule has 0 aliphatic carbocycles. The van der Waals surface area contributed by atoms with E-state index in [1.807, 2.05) is 0 Å². The summed E-state index contributed by atoms with van der Waals surface area (Å²) in [5, 5.41) is 20.0. The molecule has 8 heteroatoms. The third-order valence-electron chi connectivity index (χ3n) is 3.46. The molecule has 1 aliphatic heterocycles. The standard InChI is InChI=1S/C15H21BrN4O3/c1-3-4-10-7-13(21)19-15(18-10)20-17-8-9-5-11(16)14(22)12(6-9)23-2/h5-6,8,10,15,18,20,22H,3-4,7H2,1-2H3,(H,19,21)/b17-8+. The highest BCUT2D eigenvalue weighted by Gasteiger charge is 2.24. The lowest BCUT2D eigenvalue weighted by Crippen LogP contribution is -2.61. The fourth-order valence-electron chi connectivity index (χ4n) is 2.39. The van der Waals surface area contributed by atoms with Gasteiger partial charge < -0.3 is 15.2 Å². The number of carbonyl (C=O) groups excluding carboxylic acids is 1. The Labute approximate surface area is 143 Å². The van der Waals surface area contributed by atoms with E-state index in [0.29, 0.717) is 16.6 Å². The number of nitrogens with one attached hydrogen (secondary N) is 3. The van der Waals surface area contributed by atoms with E-state index in [1.54, 1.807) is 18.3 Å². The third-order valence-corrected chi connectivity index (χ3v) is 4.07. The van der Waals surface area contributed by atoms with Crippen molar-refractivity contribution < 1.29 is 14.6 Å². The van der Waals surface area contributed by atoms with Crippen LogP contribution >= 0.6 is 15.9 Å². The molecule has 2 unspecified atom stereocenters. The number of nitrogens with zero attached hydrogens (tertiary/aromatic N) is 1. The fourth-order valence-corrected chi connectivity index (χ4v) is 2.85. The highest BCUT2D eigenvalue weighted by molar-refractivity contribution is 9.10. The van der Waals surface area contributed by atoms with Gasteiger partial charge in [-0.05, 0) is 40.0 Å². The van der Waals surface area contributed by atoms with Crippen LogP contribution in [0.25, 0.3) is 0 Å². The second-order valence-electron chi connectivity index (χ2n) is 5.30. The number of carbonyl (C=O) groups is 1. The normalized spacial score (nSPS) is 21.3. The molecule has 1 aromatic carbocycles. The molecule has 7 nitrogen and oxygen atoms in total. The molecule has 1 aliphatic rings. The summed E-state index contributed by atoms with van der Waals surface area (Å²) in [6.07, 6.45) is 3.63. The Kier molecular flexibility index (Phi) is 6.23. The second kappa shape index (κ2) is 8.16. The number of aromatic hydroxyl groups is 1. The Morgan fingerprint density at radius 1 is 1.57 bits per heavy atom. The molecule has 1 amide bonds. The van der Waals surface area contributed by atoms with Crippen LogP contribution in [-0.4, -0.2) is 36.7 Å². The summed E-state index contributed by atoms with van der Waals surface area (Å²) in [5.41, 5.74) is 3.61. The Balaban J connectivity index is 1.98. The molecule has 1 fully saturated rings. The van der Waals surface area contributed by atoms with E-state index >= 15 is 0 Å². The van der Waals surface area contributed by atoms with Crippen LogP contribution in [0.1, 0.15) is 31.7 Å². The molecular weight excluding hydrogens is 364 g/mol. The molecule has 2 atom stereocenters. The van der Waals surface area contributed by atoms with Gasteiger partial charge in [-0.3, -0.25) is 15.5 Å². The minimum Gasteiger partial charge on any atom is -0.503 e. The average molecular weight is 385 g/mol. The summed E-state index contributed by atoms with van der Waals surface area (Å²) < 4.78 is 5.61. The number of amides is 1. The molecule has 4 N–H and O–H groups in total. The number of phenols is 1. The maximum absolute atomic E-state index is 11.7. The van der Waals surface area contributed by atoms with E-state index in [0.717, 1.165) is 18.4 Å². The molecule has 0 aromatic heterocycles. The smallest absolute Gasteiger partial charge is 0.224 e. The molecule has 126 valence electrons. The second-order valence-corrected chi connectivity index (χ2v) is 6.15. The molecule has 23 heavy (non-hydrogen) atoms. The van der Waals surface area contributed by atoms with Crippen LogP contribution in [-0.2, 0) is 4.79 Å². The minimum atomic E-state index is -0.397. The monoisotopic (exact) mass is 384 g/mol. The van der Waals surface area contributed by atoms with E-state index in [4.69, 9.17) is 4.74 Å². The Morgan fingerprint density at radius 2 is 2.35 bits per heavy atom. The maximum atomic E-state index is 11.7. The fraction of sp³-hybridized carbons (Fsp3) is 0.467. The van der Waals surface area contributed by atoms with E-state index < -0.39 is 6.29 Å². The quantitative estimate of drug-likeness (QED) is 0.441. The van der Waals surface area contributed by atoms with Crippen LogP contribution in [0.15, 0.2) is 21.7 Å². The zero-order valence-corrected chi connectivity index (χ0v) is 14.7. The van der Waals surface area contributed by atoms with Gasteiger partial charge in [-0.1, -0.05) is 13.3 Å². The van der Waals surface area contributed by atoms with Crippen molar-refractivity contribution in [3.05, 3.63) is 22.2 Å². The van der Waals surface area contributed by atoms with Crippen LogP contribution in [0.3, 0.4) is 0 Å². The molecule has 2 rings (SSSR count). The summed E-state index contributed by atoms with van der Waals surface area (Å²) in [6, 6.07) is 3.54. The number of ether oxygens (including phenoxy) is 1. The molecule has 0 radical (unpaired) electrons. The number of rotatable bonds is 6. The number of hydrogen-bond acceptors (Lipinski definition) is 6. The van der Waals surface area contributed by atoms with Crippen LogP contribution in [0.2, 0.25) is 0 Å².